The largest absolute Gasteiger partial charge is 0.504 e. The van der Waals surface area contributed by atoms with E-state index in [0.29, 0.717) is 9.13 Å². The molecule has 0 aliphatic rings. The number of amides is 1. The van der Waals surface area contributed by atoms with Gasteiger partial charge in [-0.15, -0.1) is 0 Å². The Bertz CT molecular complexity index is 862. The minimum absolute atomic E-state index is 0.0129. The van der Waals surface area contributed by atoms with E-state index in [1.54, 1.807) is 12.1 Å². The lowest BCUT2D eigenvalue weighted by atomic mass is 10.1. The maximum atomic E-state index is 13.7. The second-order valence-electron chi connectivity index (χ2n) is 4.56. The first kappa shape index (κ1) is 17.7. The number of aromatic hydroxyl groups is 1. The van der Waals surface area contributed by atoms with E-state index in [1.807, 2.05) is 22.6 Å². The summed E-state index contributed by atoms with van der Waals surface area (Å²) in [5, 5.41) is 22.2. The summed E-state index contributed by atoms with van der Waals surface area (Å²) in [6, 6.07) is 8.49. The predicted octanol–water partition coefficient (Wildman–Crippen LogP) is 2.78. The number of halogens is 2. The first-order valence-corrected chi connectivity index (χ1v) is 7.63. The lowest BCUT2D eigenvalue weighted by Gasteiger charge is -2.06. The molecule has 0 unspecified atom stereocenters. The molecule has 2 rings (SSSR count). The number of carbonyl (C=O) groups is 1. The quantitative estimate of drug-likeness (QED) is 0.435. The van der Waals surface area contributed by atoms with E-state index in [-0.39, 0.29) is 22.6 Å². The van der Waals surface area contributed by atoms with Gasteiger partial charge < -0.3 is 9.84 Å². The van der Waals surface area contributed by atoms with Gasteiger partial charge in [0.15, 0.2) is 11.5 Å². The summed E-state index contributed by atoms with van der Waals surface area (Å²) >= 11 is 1.93. The van der Waals surface area contributed by atoms with Crippen molar-refractivity contribution in [3.63, 3.8) is 0 Å². The maximum absolute atomic E-state index is 13.7. The topological polar surface area (TPSA) is 94.7 Å². The van der Waals surface area contributed by atoms with Crippen LogP contribution in [0, 0.1) is 20.7 Å². The summed E-state index contributed by atoms with van der Waals surface area (Å²) in [5.74, 6) is -1.26. The second-order valence-corrected chi connectivity index (χ2v) is 5.72. The molecule has 0 saturated carbocycles. The molecule has 0 bridgehead atoms. The molecule has 0 heterocycles. The van der Waals surface area contributed by atoms with Crippen molar-refractivity contribution in [1.82, 2.24) is 5.43 Å². The molecule has 0 aliphatic carbocycles. The number of nitrogens with zero attached hydrogens (tertiary/aromatic N) is 2. The molecule has 2 aromatic carbocycles. The lowest BCUT2D eigenvalue weighted by molar-refractivity contribution is 0.0951. The number of methoxy groups -OCH3 is 1. The van der Waals surface area contributed by atoms with E-state index in [4.69, 9.17) is 10.00 Å². The molecule has 8 heteroatoms. The Labute approximate surface area is 150 Å². The molecule has 0 saturated heterocycles. The highest BCUT2D eigenvalue weighted by Gasteiger charge is 2.12. The highest BCUT2D eigenvalue weighted by atomic mass is 127. The Morgan fingerprint density at radius 2 is 2.21 bits per heavy atom. The molecule has 2 N–H and O–H groups in total. The summed E-state index contributed by atoms with van der Waals surface area (Å²) in [6.45, 7) is 0. The number of hydrogen-bond donors (Lipinski definition) is 2. The standard InChI is InChI=1S/C16H11FIN3O3/c1-24-14-6-10(5-13(18)15(14)22)8-20-21-16(23)11-3-2-9(7-19)4-12(11)17/h2-6,8,22H,1H3,(H,21,23)/b20-8-. The van der Waals surface area contributed by atoms with Crippen LogP contribution in [0.25, 0.3) is 0 Å². The van der Waals surface area contributed by atoms with Gasteiger partial charge in [0.25, 0.3) is 5.91 Å². The minimum Gasteiger partial charge on any atom is -0.504 e. The van der Waals surface area contributed by atoms with Gasteiger partial charge in [0.2, 0.25) is 0 Å². The van der Waals surface area contributed by atoms with Crippen molar-refractivity contribution in [2.45, 2.75) is 0 Å². The Hall–Kier alpha value is -2.67. The summed E-state index contributed by atoms with van der Waals surface area (Å²) in [7, 11) is 1.42. The Morgan fingerprint density at radius 1 is 1.46 bits per heavy atom. The van der Waals surface area contributed by atoms with E-state index in [1.165, 1.54) is 31.5 Å². The van der Waals surface area contributed by atoms with Crippen LogP contribution in [-0.4, -0.2) is 24.3 Å². The minimum atomic E-state index is -0.803. The number of hydrogen-bond acceptors (Lipinski definition) is 5. The molecule has 6 nitrogen and oxygen atoms in total. The first-order valence-electron chi connectivity index (χ1n) is 6.55. The van der Waals surface area contributed by atoms with Crippen LogP contribution in [0.2, 0.25) is 0 Å². The molecule has 2 aromatic rings. The van der Waals surface area contributed by atoms with Crippen LogP contribution in [0.1, 0.15) is 21.5 Å². The number of nitriles is 1. The summed E-state index contributed by atoms with van der Waals surface area (Å²) in [6.07, 6.45) is 1.34. The average Bonchev–Trinajstić information content (AvgIpc) is 2.57. The van der Waals surface area contributed by atoms with Gasteiger partial charge in [0.1, 0.15) is 5.82 Å². The molecular formula is C16H11FIN3O3. The van der Waals surface area contributed by atoms with Gasteiger partial charge >= 0.3 is 0 Å². The van der Waals surface area contributed by atoms with Gasteiger partial charge in [-0.1, -0.05) is 0 Å². The van der Waals surface area contributed by atoms with Crippen molar-refractivity contribution >= 4 is 34.7 Å². The van der Waals surface area contributed by atoms with Crippen molar-refractivity contribution in [1.29, 1.82) is 5.26 Å². The Kier molecular flexibility index (Phi) is 5.70. The van der Waals surface area contributed by atoms with Crippen LogP contribution in [0.4, 0.5) is 4.39 Å². The first-order chi connectivity index (χ1) is 11.5. The average molecular weight is 439 g/mol. The molecule has 0 fully saturated rings. The number of ether oxygens (including phenoxy) is 1. The van der Waals surface area contributed by atoms with Crippen LogP contribution in [-0.2, 0) is 0 Å². The Morgan fingerprint density at radius 3 is 2.83 bits per heavy atom. The van der Waals surface area contributed by atoms with Gasteiger partial charge in [0, 0.05) is 0 Å². The van der Waals surface area contributed by atoms with Gasteiger partial charge in [0.05, 0.1) is 34.1 Å². The molecule has 0 atom stereocenters. The SMILES string of the molecule is COc1cc(/C=N\NC(=O)c2ccc(C#N)cc2F)cc(I)c1O. The summed E-state index contributed by atoms with van der Waals surface area (Å²) in [4.78, 5) is 11.9. The second kappa shape index (κ2) is 7.74. The molecular weight excluding hydrogens is 428 g/mol. The van der Waals surface area contributed by atoms with E-state index in [2.05, 4.69) is 10.5 Å². The van der Waals surface area contributed by atoms with E-state index in [0.717, 1.165) is 6.07 Å². The van der Waals surface area contributed by atoms with Crippen molar-refractivity contribution in [2.24, 2.45) is 5.10 Å². The van der Waals surface area contributed by atoms with E-state index < -0.39 is 11.7 Å². The highest BCUT2D eigenvalue weighted by Crippen LogP contribution is 2.31. The molecule has 24 heavy (non-hydrogen) atoms. The molecule has 0 aliphatic heterocycles. The van der Waals surface area contributed by atoms with E-state index >= 15 is 0 Å². The van der Waals surface area contributed by atoms with Crippen molar-refractivity contribution in [2.75, 3.05) is 7.11 Å². The monoisotopic (exact) mass is 439 g/mol. The maximum Gasteiger partial charge on any atom is 0.274 e. The summed E-state index contributed by atoms with van der Waals surface area (Å²) < 4.78 is 19.3. The van der Waals surface area contributed by atoms with Gasteiger partial charge in [-0.2, -0.15) is 10.4 Å². The molecule has 122 valence electrons. The fourth-order valence-corrected chi connectivity index (χ4v) is 2.44. The van der Waals surface area contributed by atoms with Gasteiger partial charge in [-0.25, -0.2) is 9.82 Å². The third kappa shape index (κ3) is 3.99. The van der Waals surface area contributed by atoms with Crippen LogP contribution in [0.15, 0.2) is 35.4 Å². The number of carbonyl (C=O) groups excluding carboxylic acids is 1. The number of rotatable bonds is 4. The number of phenolic OH excluding ortho intramolecular Hbond substituents is 1. The zero-order chi connectivity index (χ0) is 17.7. The van der Waals surface area contributed by atoms with Crippen molar-refractivity contribution in [3.05, 3.63) is 56.4 Å². The van der Waals surface area contributed by atoms with Crippen LogP contribution in [0.5, 0.6) is 11.5 Å². The molecule has 0 aromatic heterocycles. The number of nitrogens with one attached hydrogen (secondary N) is 1. The fourth-order valence-electron chi connectivity index (χ4n) is 1.82. The molecule has 0 radical (unpaired) electrons. The van der Waals surface area contributed by atoms with E-state index in [9.17, 15) is 14.3 Å². The normalized spacial score (nSPS) is 10.4. The summed E-state index contributed by atoms with van der Waals surface area (Å²) in [5.41, 5.74) is 2.68. The fraction of sp³-hybridized carbons (Fsp3) is 0.0625. The third-order valence-corrected chi connectivity index (χ3v) is 3.82. The van der Waals surface area contributed by atoms with Gasteiger partial charge in [-0.05, 0) is 58.5 Å². The molecule has 1 amide bonds. The predicted molar refractivity (Wildman–Crippen MR) is 93.6 cm³/mol. The smallest absolute Gasteiger partial charge is 0.274 e. The van der Waals surface area contributed by atoms with Crippen LogP contribution in [0.3, 0.4) is 0 Å². The zero-order valence-corrected chi connectivity index (χ0v) is 14.5. The van der Waals surface area contributed by atoms with Gasteiger partial charge in [-0.3, -0.25) is 4.79 Å². The number of hydrazone groups is 1. The lowest BCUT2D eigenvalue weighted by Crippen LogP contribution is -2.19. The molecule has 0 spiro atoms. The van der Waals surface area contributed by atoms with Crippen molar-refractivity contribution in [3.8, 4) is 17.6 Å². The highest BCUT2D eigenvalue weighted by molar-refractivity contribution is 14.1. The number of benzene rings is 2. The van der Waals surface area contributed by atoms with Crippen LogP contribution < -0.4 is 10.2 Å². The Balaban J connectivity index is 2.13. The third-order valence-electron chi connectivity index (χ3n) is 2.99. The van der Waals surface area contributed by atoms with Crippen LogP contribution >= 0.6 is 22.6 Å². The number of phenols is 1. The zero-order valence-electron chi connectivity index (χ0n) is 12.4. The van der Waals surface area contributed by atoms with Crippen molar-refractivity contribution < 1.29 is 19.0 Å².